The van der Waals surface area contributed by atoms with Gasteiger partial charge in [-0.05, 0) is 74.4 Å². The van der Waals surface area contributed by atoms with E-state index in [1.54, 1.807) is 7.11 Å². The van der Waals surface area contributed by atoms with Crippen LogP contribution in [0, 0.1) is 13.8 Å². The number of pyridine rings is 1. The van der Waals surface area contributed by atoms with Gasteiger partial charge in [-0.15, -0.1) is 0 Å². The van der Waals surface area contributed by atoms with Crippen molar-refractivity contribution in [2.45, 2.75) is 32.4 Å². The summed E-state index contributed by atoms with van der Waals surface area (Å²) in [7, 11) is 1.74. The normalized spacial score (nSPS) is 18.5. The molecular weight excluding hydrogens is 472 g/mol. The van der Waals surface area contributed by atoms with Crippen molar-refractivity contribution < 1.29 is 4.74 Å². The predicted octanol–water partition coefficient (Wildman–Crippen LogP) is 5.26. The van der Waals surface area contributed by atoms with Gasteiger partial charge in [0, 0.05) is 48.0 Å². The molecule has 31 heavy (non-hydrogen) atoms. The summed E-state index contributed by atoms with van der Waals surface area (Å²) < 4.78 is 8.67. The first-order chi connectivity index (χ1) is 15.0. The van der Waals surface area contributed by atoms with Gasteiger partial charge in [0.15, 0.2) is 5.11 Å². The third kappa shape index (κ3) is 4.40. The molecule has 0 amide bonds. The molecule has 0 radical (unpaired) electrons. The molecule has 1 aliphatic rings. The highest BCUT2D eigenvalue weighted by Gasteiger charge is 2.41. The number of rotatable bonds is 7. The third-order valence-corrected chi connectivity index (χ3v) is 6.65. The summed E-state index contributed by atoms with van der Waals surface area (Å²) >= 11 is 9.38. The number of nitrogens with one attached hydrogen (secondary N) is 1. The molecule has 3 heterocycles. The Bertz CT molecular complexity index is 1070. The van der Waals surface area contributed by atoms with Crippen LogP contribution in [0.2, 0.25) is 0 Å². The number of thiocarbonyl (C=S) groups is 1. The fourth-order valence-corrected chi connectivity index (χ4v) is 5.18. The van der Waals surface area contributed by atoms with Crippen molar-refractivity contribution in [1.29, 1.82) is 0 Å². The largest absolute Gasteiger partial charge is 0.385 e. The number of halogens is 1. The Morgan fingerprint density at radius 3 is 2.71 bits per heavy atom. The van der Waals surface area contributed by atoms with E-state index < -0.39 is 0 Å². The lowest BCUT2D eigenvalue weighted by molar-refractivity contribution is 0.180. The van der Waals surface area contributed by atoms with Crippen molar-refractivity contribution in [3.8, 4) is 5.69 Å². The Kier molecular flexibility index (Phi) is 6.74. The average Bonchev–Trinajstić information content (AvgIpc) is 3.24. The molecule has 0 unspecified atom stereocenters. The van der Waals surface area contributed by atoms with E-state index in [4.69, 9.17) is 17.0 Å². The molecule has 1 saturated heterocycles. The number of ether oxygens (including phenoxy) is 1. The third-order valence-electron chi connectivity index (χ3n) is 5.80. The van der Waals surface area contributed by atoms with E-state index in [9.17, 15) is 0 Å². The molecule has 1 aromatic carbocycles. The second-order valence-corrected chi connectivity index (χ2v) is 9.11. The monoisotopic (exact) mass is 498 g/mol. The van der Waals surface area contributed by atoms with Crippen molar-refractivity contribution in [1.82, 2.24) is 19.8 Å². The van der Waals surface area contributed by atoms with Gasteiger partial charge in [0.1, 0.15) is 0 Å². The Balaban J connectivity index is 1.79. The molecule has 2 aromatic heterocycles. The molecule has 3 aromatic rings. The summed E-state index contributed by atoms with van der Waals surface area (Å²) in [5.74, 6) is 0. The Hall–Kier alpha value is -2.22. The zero-order valence-corrected chi connectivity index (χ0v) is 20.4. The Morgan fingerprint density at radius 2 is 2.00 bits per heavy atom. The van der Waals surface area contributed by atoms with E-state index in [1.165, 1.54) is 17.0 Å². The van der Waals surface area contributed by atoms with Gasteiger partial charge in [-0.25, -0.2) is 0 Å². The van der Waals surface area contributed by atoms with E-state index in [-0.39, 0.29) is 12.1 Å². The first kappa shape index (κ1) is 22.0. The molecule has 0 bridgehead atoms. The molecule has 0 spiro atoms. The quantitative estimate of drug-likeness (QED) is 0.355. The van der Waals surface area contributed by atoms with Gasteiger partial charge in [0.25, 0.3) is 0 Å². The second-order valence-electron chi connectivity index (χ2n) is 7.81. The maximum atomic E-state index is 5.77. The smallest absolute Gasteiger partial charge is 0.170 e. The van der Waals surface area contributed by atoms with Gasteiger partial charge < -0.3 is 19.5 Å². The van der Waals surface area contributed by atoms with E-state index in [0.717, 1.165) is 33.9 Å². The van der Waals surface area contributed by atoms with Gasteiger partial charge in [-0.3, -0.25) is 4.98 Å². The zero-order valence-electron chi connectivity index (χ0n) is 18.0. The predicted molar refractivity (Wildman–Crippen MR) is 132 cm³/mol. The summed E-state index contributed by atoms with van der Waals surface area (Å²) in [6, 6.07) is 16.8. The standard InChI is InChI=1S/C24H27BrN4OS/c1-16-14-20(17(2)29(16)19-9-6-8-18(25)15-19)23-22(21-10-4-5-11-26-21)27-24(31)28(23)12-7-13-30-3/h4-6,8-11,14-15,22-23H,7,12-13H2,1-3H3,(H,27,31)/t22-,23-/m0/s1. The van der Waals surface area contributed by atoms with E-state index in [1.807, 2.05) is 24.4 Å². The molecule has 1 aliphatic heterocycles. The van der Waals surface area contributed by atoms with Crippen molar-refractivity contribution >= 4 is 33.3 Å². The molecule has 0 saturated carbocycles. The minimum Gasteiger partial charge on any atom is -0.385 e. The van der Waals surface area contributed by atoms with Crippen LogP contribution in [0.15, 0.2) is 59.2 Å². The molecule has 2 atom stereocenters. The number of nitrogens with zero attached hydrogens (tertiary/aromatic N) is 3. The van der Waals surface area contributed by atoms with Crippen molar-refractivity contribution in [2.24, 2.45) is 0 Å². The van der Waals surface area contributed by atoms with Crippen LogP contribution in [0.4, 0.5) is 0 Å². The molecule has 7 heteroatoms. The first-order valence-electron chi connectivity index (χ1n) is 10.4. The van der Waals surface area contributed by atoms with Crippen LogP contribution in [0.3, 0.4) is 0 Å². The van der Waals surface area contributed by atoms with Crippen LogP contribution in [-0.2, 0) is 4.74 Å². The van der Waals surface area contributed by atoms with Crippen molar-refractivity contribution in [3.05, 3.63) is 81.8 Å². The number of hydrogen-bond donors (Lipinski definition) is 1. The number of hydrogen-bond acceptors (Lipinski definition) is 3. The van der Waals surface area contributed by atoms with E-state index in [2.05, 4.69) is 79.9 Å². The lowest BCUT2D eigenvalue weighted by Crippen LogP contribution is -2.31. The summed E-state index contributed by atoms with van der Waals surface area (Å²) in [4.78, 5) is 6.94. The lowest BCUT2D eigenvalue weighted by atomic mass is 9.96. The minimum absolute atomic E-state index is 0.00676. The molecule has 1 fully saturated rings. The minimum atomic E-state index is -0.00676. The van der Waals surface area contributed by atoms with E-state index in [0.29, 0.717) is 6.61 Å². The molecule has 4 rings (SSSR count). The van der Waals surface area contributed by atoms with Crippen LogP contribution >= 0.6 is 28.1 Å². The number of aromatic nitrogens is 2. The highest BCUT2D eigenvalue weighted by Crippen LogP contribution is 2.41. The molecular formula is C24H27BrN4OS. The van der Waals surface area contributed by atoms with E-state index >= 15 is 0 Å². The molecule has 0 aliphatic carbocycles. The lowest BCUT2D eigenvalue weighted by Gasteiger charge is -2.28. The molecule has 1 N–H and O–H groups in total. The van der Waals surface area contributed by atoms with Crippen LogP contribution in [0.1, 0.15) is 41.1 Å². The highest BCUT2D eigenvalue weighted by molar-refractivity contribution is 9.10. The summed E-state index contributed by atoms with van der Waals surface area (Å²) in [6.07, 6.45) is 2.75. The van der Waals surface area contributed by atoms with Crippen LogP contribution in [0.5, 0.6) is 0 Å². The SMILES string of the molecule is COCCCN1C(=S)N[C@@H](c2ccccn2)[C@@H]1c1cc(C)n(-c2cccc(Br)c2)c1C. The van der Waals surface area contributed by atoms with Gasteiger partial charge in [0.05, 0.1) is 17.8 Å². The first-order valence-corrected chi connectivity index (χ1v) is 11.6. The highest BCUT2D eigenvalue weighted by atomic mass is 79.9. The van der Waals surface area contributed by atoms with Gasteiger partial charge in [0.2, 0.25) is 0 Å². The molecule has 162 valence electrons. The summed E-state index contributed by atoms with van der Waals surface area (Å²) in [6.45, 7) is 5.88. The topological polar surface area (TPSA) is 42.3 Å². The fourth-order valence-electron chi connectivity index (χ4n) is 4.46. The van der Waals surface area contributed by atoms with Crippen LogP contribution in [0.25, 0.3) is 5.69 Å². The summed E-state index contributed by atoms with van der Waals surface area (Å²) in [5, 5.41) is 4.31. The average molecular weight is 499 g/mol. The van der Waals surface area contributed by atoms with Gasteiger partial charge >= 0.3 is 0 Å². The van der Waals surface area contributed by atoms with Crippen molar-refractivity contribution in [2.75, 3.05) is 20.3 Å². The zero-order chi connectivity index (χ0) is 22.0. The van der Waals surface area contributed by atoms with Gasteiger partial charge in [-0.1, -0.05) is 28.1 Å². The Morgan fingerprint density at radius 1 is 1.16 bits per heavy atom. The van der Waals surface area contributed by atoms with Crippen molar-refractivity contribution in [3.63, 3.8) is 0 Å². The fraction of sp³-hybridized carbons (Fsp3) is 0.333. The van der Waals surface area contributed by atoms with Crippen LogP contribution < -0.4 is 5.32 Å². The van der Waals surface area contributed by atoms with Crippen LogP contribution in [-0.4, -0.2) is 39.8 Å². The maximum Gasteiger partial charge on any atom is 0.170 e. The number of methoxy groups -OCH3 is 1. The maximum absolute atomic E-state index is 5.77. The van der Waals surface area contributed by atoms with Gasteiger partial charge in [-0.2, -0.15) is 0 Å². The second kappa shape index (κ2) is 9.51. The summed E-state index contributed by atoms with van der Waals surface area (Å²) in [5.41, 5.74) is 5.81. The molecule has 5 nitrogen and oxygen atoms in total. The number of benzene rings is 1. The Labute approximate surface area is 197 Å². The number of aryl methyl sites for hydroxylation is 1.